The largest absolute Gasteiger partial charge is 0.396 e. The molecule has 0 saturated carbocycles. The zero-order valence-corrected chi connectivity index (χ0v) is 9.84. The second-order valence-corrected chi connectivity index (χ2v) is 4.12. The molecule has 0 bridgehead atoms. The molecular weight excluding hydrogens is 256 g/mol. The standard InChI is InChI=1S/C10H12Cl2FNO2/c11-4-3-7(15)10(16)5-1-2-6(14)9(13)8(5)12/h1-2,7,10,15-16H,3-4,14H2. The Morgan fingerprint density at radius 1 is 1.38 bits per heavy atom. The average molecular weight is 268 g/mol. The summed E-state index contributed by atoms with van der Waals surface area (Å²) < 4.78 is 13.3. The van der Waals surface area contributed by atoms with Gasteiger partial charge < -0.3 is 15.9 Å². The second-order valence-electron chi connectivity index (χ2n) is 3.36. The molecule has 3 nitrogen and oxygen atoms in total. The molecule has 4 N–H and O–H groups in total. The highest BCUT2D eigenvalue weighted by Gasteiger charge is 2.22. The van der Waals surface area contributed by atoms with Crippen LogP contribution in [0.15, 0.2) is 12.1 Å². The predicted molar refractivity (Wildman–Crippen MR) is 62.1 cm³/mol. The van der Waals surface area contributed by atoms with E-state index in [9.17, 15) is 14.6 Å². The number of anilines is 1. The van der Waals surface area contributed by atoms with Crippen molar-refractivity contribution in [2.75, 3.05) is 11.6 Å². The highest BCUT2D eigenvalue weighted by atomic mass is 35.5. The molecule has 1 aromatic rings. The Balaban J connectivity index is 3.00. The van der Waals surface area contributed by atoms with Crippen LogP contribution in [0.5, 0.6) is 0 Å². The van der Waals surface area contributed by atoms with Crippen LogP contribution in [-0.2, 0) is 0 Å². The van der Waals surface area contributed by atoms with Crippen LogP contribution in [0.4, 0.5) is 10.1 Å². The smallest absolute Gasteiger partial charge is 0.165 e. The number of alkyl halides is 1. The summed E-state index contributed by atoms with van der Waals surface area (Å²) in [5.74, 6) is -0.607. The molecule has 1 rings (SSSR count). The molecule has 0 spiro atoms. The number of nitrogens with two attached hydrogens (primary N) is 1. The third-order valence-electron chi connectivity index (χ3n) is 2.23. The number of aliphatic hydroxyl groups excluding tert-OH is 2. The van der Waals surface area contributed by atoms with Crippen molar-refractivity contribution < 1.29 is 14.6 Å². The number of halogens is 3. The van der Waals surface area contributed by atoms with E-state index in [4.69, 9.17) is 28.9 Å². The molecule has 0 aliphatic rings. The van der Waals surface area contributed by atoms with Gasteiger partial charge in [-0.05, 0) is 12.5 Å². The number of nitrogen functional groups attached to an aromatic ring is 1. The fraction of sp³-hybridized carbons (Fsp3) is 0.400. The average Bonchev–Trinajstić information content (AvgIpc) is 2.26. The van der Waals surface area contributed by atoms with Gasteiger partial charge in [0.15, 0.2) is 5.82 Å². The number of rotatable bonds is 4. The Morgan fingerprint density at radius 2 is 2.00 bits per heavy atom. The third kappa shape index (κ3) is 2.77. The normalized spacial score (nSPS) is 14.8. The summed E-state index contributed by atoms with van der Waals surface area (Å²) in [6.45, 7) is 0. The summed E-state index contributed by atoms with van der Waals surface area (Å²) in [4.78, 5) is 0. The molecule has 16 heavy (non-hydrogen) atoms. The van der Waals surface area contributed by atoms with Crippen LogP contribution in [-0.4, -0.2) is 22.2 Å². The van der Waals surface area contributed by atoms with Crippen molar-refractivity contribution in [2.24, 2.45) is 0 Å². The molecule has 0 aliphatic carbocycles. The Labute approximate surface area is 103 Å². The van der Waals surface area contributed by atoms with Crippen molar-refractivity contribution in [1.29, 1.82) is 0 Å². The molecule has 2 atom stereocenters. The molecule has 0 radical (unpaired) electrons. The van der Waals surface area contributed by atoms with E-state index in [0.717, 1.165) is 0 Å². The third-order valence-corrected chi connectivity index (χ3v) is 2.83. The Kier molecular flexibility index (Phi) is 4.80. The van der Waals surface area contributed by atoms with Crippen LogP contribution in [0.25, 0.3) is 0 Å². The highest BCUT2D eigenvalue weighted by molar-refractivity contribution is 6.31. The summed E-state index contributed by atoms with van der Waals surface area (Å²) in [7, 11) is 0. The maximum absolute atomic E-state index is 13.3. The van der Waals surface area contributed by atoms with Gasteiger partial charge >= 0.3 is 0 Å². The first-order valence-electron chi connectivity index (χ1n) is 4.64. The zero-order valence-electron chi connectivity index (χ0n) is 8.33. The number of aliphatic hydroxyl groups is 2. The van der Waals surface area contributed by atoms with Crippen LogP contribution < -0.4 is 5.73 Å². The van der Waals surface area contributed by atoms with E-state index in [-0.39, 0.29) is 28.6 Å². The Morgan fingerprint density at radius 3 is 2.56 bits per heavy atom. The lowest BCUT2D eigenvalue weighted by molar-refractivity contribution is 0.0169. The van der Waals surface area contributed by atoms with Crippen molar-refractivity contribution in [2.45, 2.75) is 18.6 Å². The van der Waals surface area contributed by atoms with Crippen LogP contribution in [0.1, 0.15) is 18.1 Å². The lowest BCUT2D eigenvalue weighted by atomic mass is 10.0. The minimum Gasteiger partial charge on any atom is -0.396 e. The lowest BCUT2D eigenvalue weighted by Crippen LogP contribution is -2.19. The summed E-state index contributed by atoms with van der Waals surface area (Å²) in [6, 6.07) is 2.66. The summed E-state index contributed by atoms with van der Waals surface area (Å²) in [5, 5.41) is 18.9. The second kappa shape index (κ2) is 5.68. The van der Waals surface area contributed by atoms with Gasteiger partial charge in [-0.1, -0.05) is 17.7 Å². The van der Waals surface area contributed by atoms with Crippen molar-refractivity contribution in [3.63, 3.8) is 0 Å². The minimum absolute atomic E-state index is 0.103. The van der Waals surface area contributed by atoms with Gasteiger partial charge in [0.05, 0.1) is 16.8 Å². The molecule has 0 heterocycles. The lowest BCUT2D eigenvalue weighted by Gasteiger charge is -2.18. The number of hydrogen-bond donors (Lipinski definition) is 3. The molecule has 0 aromatic heterocycles. The first-order valence-corrected chi connectivity index (χ1v) is 5.55. The van der Waals surface area contributed by atoms with Gasteiger partial charge in [-0.3, -0.25) is 0 Å². The molecule has 2 unspecified atom stereocenters. The molecule has 1 aromatic carbocycles. The topological polar surface area (TPSA) is 66.5 Å². The van der Waals surface area contributed by atoms with Crippen LogP contribution >= 0.6 is 23.2 Å². The highest BCUT2D eigenvalue weighted by Crippen LogP contribution is 2.31. The number of hydrogen-bond acceptors (Lipinski definition) is 3. The van der Waals surface area contributed by atoms with Gasteiger partial charge in [-0.25, -0.2) is 4.39 Å². The van der Waals surface area contributed by atoms with Crippen molar-refractivity contribution in [3.05, 3.63) is 28.5 Å². The van der Waals surface area contributed by atoms with E-state index in [1.807, 2.05) is 0 Å². The van der Waals surface area contributed by atoms with Gasteiger partial charge in [0.25, 0.3) is 0 Å². The fourth-order valence-corrected chi connectivity index (χ4v) is 1.79. The van der Waals surface area contributed by atoms with E-state index in [1.54, 1.807) is 0 Å². The monoisotopic (exact) mass is 267 g/mol. The first kappa shape index (κ1) is 13.5. The van der Waals surface area contributed by atoms with Crippen molar-refractivity contribution in [1.82, 2.24) is 0 Å². The quantitative estimate of drug-likeness (QED) is 0.578. The van der Waals surface area contributed by atoms with E-state index in [2.05, 4.69) is 0 Å². The maximum Gasteiger partial charge on any atom is 0.165 e. The minimum atomic E-state index is -1.28. The predicted octanol–water partition coefficient (Wildman–Crippen LogP) is 2.08. The summed E-state index contributed by atoms with van der Waals surface area (Å²) in [6.07, 6.45) is -2.18. The van der Waals surface area contributed by atoms with Gasteiger partial charge in [0.1, 0.15) is 6.10 Å². The molecule has 0 fully saturated rings. The molecule has 90 valence electrons. The van der Waals surface area contributed by atoms with Gasteiger partial charge in [0, 0.05) is 11.4 Å². The van der Waals surface area contributed by atoms with E-state index in [0.29, 0.717) is 0 Å². The van der Waals surface area contributed by atoms with Crippen molar-refractivity contribution in [3.8, 4) is 0 Å². The van der Waals surface area contributed by atoms with Gasteiger partial charge in [-0.15, -0.1) is 11.6 Å². The summed E-state index contributed by atoms with van der Waals surface area (Å²) in [5.41, 5.74) is 5.30. The molecule has 0 aliphatic heterocycles. The molecular formula is C10H12Cl2FNO2. The van der Waals surface area contributed by atoms with E-state index < -0.39 is 18.0 Å². The van der Waals surface area contributed by atoms with E-state index in [1.165, 1.54) is 12.1 Å². The molecule has 0 saturated heterocycles. The van der Waals surface area contributed by atoms with Gasteiger partial charge in [-0.2, -0.15) is 0 Å². The SMILES string of the molecule is Nc1ccc(C(O)C(O)CCCl)c(Cl)c1F. The Hall–Kier alpha value is -0.550. The zero-order chi connectivity index (χ0) is 12.3. The van der Waals surface area contributed by atoms with Gasteiger partial charge in [0.2, 0.25) is 0 Å². The fourth-order valence-electron chi connectivity index (χ4n) is 1.28. The maximum atomic E-state index is 13.3. The Bertz CT molecular complexity index is 376. The van der Waals surface area contributed by atoms with Crippen LogP contribution in [0.3, 0.4) is 0 Å². The molecule has 6 heteroatoms. The van der Waals surface area contributed by atoms with Crippen LogP contribution in [0, 0.1) is 5.82 Å². The van der Waals surface area contributed by atoms with Crippen molar-refractivity contribution >= 4 is 28.9 Å². The van der Waals surface area contributed by atoms with Crippen LogP contribution in [0.2, 0.25) is 5.02 Å². The molecule has 0 amide bonds. The summed E-state index contributed by atoms with van der Waals surface area (Å²) >= 11 is 11.1. The first-order chi connectivity index (χ1) is 7.49. The number of benzene rings is 1. The van der Waals surface area contributed by atoms with E-state index >= 15 is 0 Å².